The normalized spacial score (nSPS) is 13.7. The summed E-state index contributed by atoms with van der Waals surface area (Å²) in [4.78, 5) is 37.6. The third-order valence-corrected chi connectivity index (χ3v) is 4.50. The summed E-state index contributed by atoms with van der Waals surface area (Å²) in [5.41, 5.74) is 2.07. The maximum Gasteiger partial charge on any atom is 0.329 e. The molecule has 142 valence electrons. The van der Waals surface area contributed by atoms with Crippen LogP contribution >= 0.6 is 0 Å². The highest BCUT2D eigenvalue weighted by atomic mass is 16.5. The van der Waals surface area contributed by atoms with Crippen LogP contribution in [0.15, 0.2) is 46.9 Å². The van der Waals surface area contributed by atoms with Crippen LogP contribution in [-0.4, -0.2) is 31.5 Å². The van der Waals surface area contributed by atoms with E-state index in [-0.39, 0.29) is 18.2 Å². The van der Waals surface area contributed by atoms with Crippen LogP contribution < -0.4 is 20.3 Å². The Kier molecular flexibility index (Phi) is 4.23. The molecule has 8 nitrogen and oxygen atoms in total. The van der Waals surface area contributed by atoms with Crippen molar-refractivity contribution in [3.63, 3.8) is 0 Å². The minimum absolute atomic E-state index is 0.0460. The van der Waals surface area contributed by atoms with Crippen molar-refractivity contribution in [3.05, 3.63) is 53.8 Å². The number of methoxy groups -OCH3 is 1. The van der Waals surface area contributed by atoms with Crippen LogP contribution in [0.1, 0.15) is 16.1 Å². The number of hydrogen-bond donors (Lipinski definition) is 2. The number of nitrogens with one attached hydrogen (secondary N) is 2. The number of amides is 4. The summed E-state index contributed by atoms with van der Waals surface area (Å²) in [7, 11) is 1.53. The van der Waals surface area contributed by atoms with Crippen molar-refractivity contribution in [1.29, 1.82) is 0 Å². The zero-order chi connectivity index (χ0) is 19.8. The largest absolute Gasteiger partial charge is 0.493 e. The van der Waals surface area contributed by atoms with Gasteiger partial charge in [0.05, 0.1) is 19.3 Å². The highest BCUT2D eigenvalue weighted by Crippen LogP contribution is 2.30. The Labute approximate surface area is 160 Å². The van der Waals surface area contributed by atoms with Gasteiger partial charge in [-0.3, -0.25) is 9.59 Å². The van der Waals surface area contributed by atoms with Crippen LogP contribution in [0, 0.1) is 6.92 Å². The number of furan rings is 1. The number of fused-ring (bicyclic) bond motifs is 1. The summed E-state index contributed by atoms with van der Waals surface area (Å²) in [6.45, 7) is 1.74. The number of nitrogens with zero attached hydrogens (tertiary/aromatic N) is 1. The van der Waals surface area contributed by atoms with Gasteiger partial charge in [0.1, 0.15) is 0 Å². The Balaban J connectivity index is 1.63. The molecule has 0 unspecified atom stereocenters. The number of hydrogen-bond acceptors (Lipinski definition) is 5. The minimum atomic E-state index is -0.485. The van der Waals surface area contributed by atoms with E-state index in [4.69, 9.17) is 9.15 Å². The van der Waals surface area contributed by atoms with Crippen LogP contribution in [0.2, 0.25) is 0 Å². The van der Waals surface area contributed by atoms with Gasteiger partial charge in [0.25, 0.3) is 11.8 Å². The number of ether oxygens (including phenoxy) is 1. The minimum Gasteiger partial charge on any atom is -0.493 e. The lowest BCUT2D eigenvalue weighted by Crippen LogP contribution is -2.31. The predicted octanol–water partition coefficient (Wildman–Crippen LogP) is 3.06. The first-order valence-electron chi connectivity index (χ1n) is 8.57. The van der Waals surface area contributed by atoms with E-state index in [1.807, 2.05) is 12.1 Å². The van der Waals surface area contributed by atoms with Crippen molar-refractivity contribution in [1.82, 2.24) is 5.32 Å². The summed E-state index contributed by atoms with van der Waals surface area (Å²) in [5.74, 6) is -0.143. The Bertz CT molecular complexity index is 1100. The molecule has 0 saturated carbocycles. The van der Waals surface area contributed by atoms with Gasteiger partial charge in [0, 0.05) is 11.1 Å². The van der Waals surface area contributed by atoms with Gasteiger partial charge < -0.3 is 19.8 Å². The molecule has 28 heavy (non-hydrogen) atoms. The van der Waals surface area contributed by atoms with Crippen molar-refractivity contribution in [3.8, 4) is 5.75 Å². The number of urea groups is 1. The second-order valence-electron chi connectivity index (χ2n) is 6.33. The predicted molar refractivity (Wildman–Crippen MR) is 103 cm³/mol. The first-order chi connectivity index (χ1) is 13.5. The van der Waals surface area contributed by atoms with Gasteiger partial charge in [-0.15, -0.1) is 0 Å². The Morgan fingerprint density at radius 2 is 2.04 bits per heavy atom. The Hall–Kier alpha value is -3.81. The summed E-state index contributed by atoms with van der Waals surface area (Å²) in [5, 5.41) is 5.96. The first kappa shape index (κ1) is 17.6. The quantitative estimate of drug-likeness (QED) is 0.679. The fraction of sp³-hybridized carbons (Fsp3) is 0.150. The molecule has 1 aliphatic heterocycles. The zero-order valence-corrected chi connectivity index (χ0v) is 15.2. The maximum absolute atomic E-state index is 12.6. The first-order valence-corrected chi connectivity index (χ1v) is 8.57. The number of imide groups is 1. The van der Waals surface area contributed by atoms with Crippen LogP contribution in [0.5, 0.6) is 5.75 Å². The number of carbonyl (C=O) groups is 3. The van der Waals surface area contributed by atoms with Gasteiger partial charge in [-0.2, -0.15) is 0 Å². The van der Waals surface area contributed by atoms with Gasteiger partial charge in [-0.05, 0) is 36.8 Å². The molecule has 0 atom stereocenters. The number of carbonyl (C=O) groups excluding carboxylic acids is 3. The maximum atomic E-state index is 12.6. The summed E-state index contributed by atoms with van der Waals surface area (Å²) >= 11 is 0. The number of anilines is 2. The molecule has 1 aliphatic rings. The molecule has 0 spiro atoms. The second kappa shape index (κ2) is 6.73. The second-order valence-corrected chi connectivity index (χ2v) is 6.33. The van der Waals surface area contributed by atoms with Gasteiger partial charge in [-0.25, -0.2) is 9.69 Å². The standard InChI is InChI=1S/C20H17N3O5/c1-11-6-7-13(9-14(11)23-17(24)10-21-20(23)26)22-19(25)16-8-12-4-3-5-15(27-2)18(12)28-16/h3-9H,10H2,1-2H3,(H,21,26)(H,22,25). The summed E-state index contributed by atoms with van der Waals surface area (Å²) in [6, 6.07) is 11.5. The van der Waals surface area contributed by atoms with E-state index in [9.17, 15) is 14.4 Å². The molecule has 8 heteroatoms. The Morgan fingerprint density at radius 1 is 1.21 bits per heavy atom. The number of benzene rings is 2. The molecule has 2 heterocycles. The molecule has 4 amide bonds. The monoisotopic (exact) mass is 379 g/mol. The molecule has 2 aromatic carbocycles. The van der Waals surface area contributed by atoms with Crippen molar-refractivity contribution < 1.29 is 23.5 Å². The Morgan fingerprint density at radius 3 is 2.75 bits per heavy atom. The molecule has 1 saturated heterocycles. The summed E-state index contributed by atoms with van der Waals surface area (Å²) in [6.07, 6.45) is 0. The van der Waals surface area contributed by atoms with Crippen LogP contribution in [-0.2, 0) is 4.79 Å². The molecular weight excluding hydrogens is 362 g/mol. The van der Waals surface area contributed by atoms with E-state index >= 15 is 0 Å². The lowest BCUT2D eigenvalue weighted by Gasteiger charge is -2.16. The molecule has 1 aromatic heterocycles. The lowest BCUT2D eigenvalue weighted by atomic mass is 10.1. The van der Waals surface area contributed by atoms with E-state index in [1.54, 1.807) is 37.3 Å². The third-order valence-electron chi connectivity index (χ3n) is 4.50. The van der Waals surface area contributed by atoms with Crippen LogP contribution in [0.4, 0.5) is 16.2 Å². The van der Waals surface area contributed by atoms with E-state index < -0.39 is 11.9 Å². The van der Waals surface area contributed by atoms with E-state index in [1.165, 1.54) is 7.11 Å². The number of rotatable bonds is 4. The van der Waals surface area contributed by atoms with Gasteiger partial charge in [0.15, 0.2) is 17.1 Å². The topological polar surface area (TPSA) is 101 Å². The SMILES string of the molecule is COc1cccc2cc(C(=O)Nc3ccc(C)c(N4C(=O)CNC4=O)c3)oc12. The van der Waals surface area contributed by atoms with Crippen molar-refractivity contribution in [2.75, 3.05) is 23.9 Å². The lowest BCUT2D eigenvalue weighted by molar-refractivity contribution is -0.115. The average molecular weight is 379 g/mol. The molecule has 3 aromatic rings. The van der Waals surface area contributed by atoms with E-state index in [2.05, 4.69) is 10.6 Å². The summed E-state index contributed by atoms with van der Waals surface area (Å²) < 4.78 is 10.9. The molecule has 0 aliphatic carbocycles. The highest BCUT2D eigenvalue weighted by Gasteiger charge is 2.31. The van der Waals surface area contributed by atoms with Gasteiger partial charge >= 0.3 is 6.03 Å². The van der Waals surface area contributed by atoms with Crippen molar-refractivity contribution >= 4 is 40.2 Å². The molecule has 2 N–H and O–H groups in total. The van der Waals surface area contributed by atoms with Crippen molar-refractivity contribution in [2.45, 2.75) is 6.92 Å². The third kappa shape index (κ3) is 2.94. The molecular formula is C20H17N3O5. The number of para-hydroxylation sites is 1. The number of aryl methyl sites for hydroxylation is 1. The fourth-order valence-corrected chi connectivity index (χ4v) is 3.10. The fourth-order valence-electron chi connectivity index (χ4n) is 3.10. The van der Waals surface area contributed by atoms with Gasteiger partial charge in [0.2, 0.25) is 0 Å². The average Bonchev–Trinajstić information content (AvgIpc) is 3.26. The zero-order valence-electron chi connectivity index (χ0n) is 15.2. The molecule has 0 bridgehead atoms. The van der Waals surface area contributed by atoms with E-state index in [0.29, 0.717) is 22.7 Å². The van der Waals surface area contributed by atoms with Crippen molar-refractivity contribution in [2.24, 2.45) is 0 Å². The van der Waals surface area contributed by atoms with Gasteiger partial charge in [-0.1, -0.05) is 18.2 Å². The highest BCUT2D eigenvalue weighted by molar-refractivity contribution is 6.20. The molecule has 4 rings (SSSR count). The van der Waals surface area contributed by atoms with Crippen LogP contribution in [0.3, 0.4) is 0 Å². The van der Waals surface area contributed by atoms with E-state index in [0.717, 1.165) is 15.8 Å². The molecule has 0 radical (unpaired) electrons. The van der Waals surface area contributed by atoms with Crippen LogP contribution in [0.25, 0.3) is 11.0 Å². The molecule has 1 fully saturated rings. The smallest absolute Gasteiger partial charge is 0.329 e.